The van der Waals surface area contributed by atoms with Crippen LogP contribution >= 0.6 is 0 Å². The number of hydrogen-bond donors (Lipinski definition) is 0. The summed E-state index contributed by atoms with van der Waals surface area (Å²) in [6, 6.07) is 0. The summed E-state index contributed by atoms with van der Waals surface area (Å²) in [5.74, 6) is 0. The van der Waals surface area contributed by atoms with Gasteiger partial charge in [0.1, 0.15) is 0 Å². The van der Waals surface area contributed by atoms with Crippen molar-refractivity contribution >= 4 is 9.53 Å². The van der Waals surface area contributed by atoms with Gasteiger partial charge in [-0.05, 0) is 6.42 Å². The highest BCUT2D eigenvalue weighted by atomic mass is 28.3. The van der Waals surface area contributed by atoms with Gasteiger partial charge >= 0.3 is 15.7 Å². The minimum absolute atomic E-state index is 0.295. The van der Waals surface area contributed by atoms with Crippen molar-refractivity contribution in [3.8, 4) is 0 Å². The maximum Gasteiger partial charge on any atom is 0.483 e. The molecule has 7 heteroatoms. The van der Waals surface area contributed by atoms with E-state index < -0.39 is 22.1 Å². The third-order valence-electron chi connectivity index (χ3n) is 2.14. The maximum absolute atomic E-state index is 11.6. The van der Waals surface area contributed by atoms with Gasteiger partial charge in [-0.3, -0.25) is 0 Å². The van der Waals surface area contributed by atoms with Crippen LogP contribution in [0.15, 0.2) is 0 Å². The second kappa shape index (κ2) is 13.3. The van der Waals surface area contributed by atoms with Crippen molar-refractivity contribution in [1.82, 2.24) is 0 Å². The first kappa shape index (κ1) is 20.2. The van der Waals surface area contributed by atoms with Gasteiger partial charge in [0.15, 0.2) is 0 Å². The first-order chi connectivity index (χ1) is 8.41. The molecule has 0 saturated heterocycles. The van der Waals surface area contributed by atoms with Gasteiger partial charge < -0.3 is 13.3 Å². The number of rotatable bonds is 8. The summed E-state index contributed by atoms with van der Waals surface area (Å²) in [7, 11) is 3.05. The van der Waals surface area contributed by atoms with Crippen LogP contribution in [-0.4, -0.2) is 37.0 Å². The quantitative estimate of drug-likeness (QED) is 0.505. The summed E-state index contributed by atoms with van der Waals surface area (Å²) in [4.78, 5) is 0. The number of unbranched alkanes of at least 4 members (excludes halogenated alkanes) is 4. The van der Waals surface area contributed by atoms with E-state index in [1.807, 2.05) is 6.92 Å². The molecule has 0 aliphatic heterocycles. The van der Waals surface area contributed by atoms with Gasteiger partial charge in [0.05, 0.1) is 0 Å². The predicted molar refractivity (Wildman–Crippen MR) is 67.6 cm³/mol. The third-order valence-corrected chi connectivity index (χ3v) is 3.30. The average Bonchev–Trinajstić information content (AvgIpc) is 2.30. The van der Waals surface area contributed by atoms with Crippen LogP contribution in [0, 0.1) is 0 Å². The molecule has 0 N–H and O–H groups in total. The van der Waals surface area contributed by atoms with Gasteiger partial charge in [-0.25, -0.2) is 0 Å². The van der Waals surface area contributed by atoms with Crippen LogP contribution in [0.25, 0.3) is 0 Å². The Balaban J connectivity index is 0. The molecule has 0 bridgehead atoms. The van der Waals surface area contributed by atoms with Crippen molar-refractivity contribution in [3.05, 3.63) is 0 Å². The van der Waals surface area contributed by atoms with Crippen molar-refractivity contribution in [3.63, 3.8) is 0 Å². The molecule has 0 spiro atoms. The van der Waals surface area contributed by atoms with Crippen molar-refractivity contribution in [2.75, 3.05) is 21.3 Å². The largest absolute Gasteiger partial charge is 0.483 e. The lowest BCUT2D eigenvalue weighted by molar-refractivity contribution is -0.135. The second-order valence-corrected chi connectivity index (χ2v) is 5.77. The molecule has 0 saturated carbocycles. The molecule has 0 rings (SSSR count). The van der Waals surface area contributed by atoms with E-state index >= 15 is 0 Å². The Bertz CT molecular complexity index is 159. The highest BCUT2D eigenvalue weighted by Gasteiger charge is 2.25. The average molecular weight is 290 g/mol. The van der Waals surface area contributed by atoms with Crippen LogP contribution in [0.1, 0.15) is 45.4 Å². The van der Waals surface area contributed by atoms with Gasteiger partial charge in [0.25, 0.3) is 0 Å². The zero-order valence-corrected chi connectivity index (χ0v) is 12.8. The Labute approximate surface area is 110 Å². The molecule has 0 aromatic heterocycles. The Kier molecular flexibility index (Phi) is 15.0. The lowest BCUT2D eigenvalue weighted by Gasteiger charge is -2.05. The normalized spacial score (nSPS) is 11.3. The molecule has 0 fully saturated rings. The SMILES string of the molecule is CCCCCCCC(F)(F)F.CO[SiH](OC)OC. The van der Waals surface area contributed by atoms with Gasteiger partial charge in [-0.2, -0.15) is 13.2 Å². The minimum atomic E-state index is -3.95. The predicted octanol–water partition coefficient (Wildman–Crippen LogP) is 3.55. The molecule has 0 aromatic carbocycles. The van der Waals surface area contributed by atoms with Crippen molar-refractivity contribution in [2.45, 2.75) is 51.6 Å². The van der Waals surface area contributed by atoms with E-state index in [0.717, 1.165) is 19.3 Å². The van der Waals surface area contributed by atoms with Crippen molar-refractivity contribution < 1.29 is 26.4 Å². The van der Waals surface area contributed by atoms with E-state index in [9.17, 15) is 13.2 Å². The van der Waals surface area contributed by atoms with Crippen molar-refractivity contribution in [1.29, 1.82) is 0 Å². The zero-order chi connectivity index (χ0) is 14.4. The molecule has 18 heavy (non-hydrogen) atoms. The Morgan fingerprint density at radius 1 is 0.833 bits per heavy atom. The molecular formula is C11H25F3O3Si. The van der Waals surface area contributed by atoms with E-state index in [1.54, 1.807) is 21.3 Å². The Morgan fingerprint density at radius 2 is 1.28 bits per heavy atom. The number of alkyl halides is 3. The van der Waals surface area contributed by atoms with Gasteiger partial charge in [-0.1, -0.05) is 32.6 Å². The number of hydrogen-bond acceptors (Lipinski definition) is 3. The van der Waals surface area contributed by atoms with Crippen molar-refractivity contribution in [2.24, 2.45) is 0 Å². The smallest absolute Gasteiger partial charge is 0.379 e. The van der Waals surface area contributed by atoms with Crippen LogP contribution in [0.2, 0.25) is 0 Å². The van der Waals surface area contributed by atoms with E-state index in [0.29, 0.717) is 12.8 Å². The molecule has 0 aliphatic rings. The van der Waals surface area contributed by atoms with Gasteiger partial charge in [0.2, 0.25) is 0 Å². The minimum Gasteiger partial charge on any atom is -0.379 e. The fourth-order valence-corrected chi connectivity index (χ4v) is 1.80. The van der Waals surface area contributed by atoms with E-state index in [4.69, 9.17) is 13.3 Å². The summed E-state index contributed by atoms with van der Waals surface area (Å²) >= 11 is 0. The molecule has 0 amide bonds. The number of halogens is 3. The Hall–Kier alpha value is -0.113. The van der Waals surface area contributed by atoms with Crippen LogP contribution < -0.4 is 0 Å². The van der Waals surface area contributed by atoms with E-state index in [2.05, 4.69) is 0 Å². The second-order valence-electron chi connectivity index (χ2n) is 3.78. The summed E-state index contributed by atoms with van der Waals surface area (Å²) < 4.78 is 48.9. The summed E-state index contributed by atoms with van der Waals surface area (Å²) in [6.45, 7) is 2.05. The van der Waals surface area contributed by atoms with Gasteiger partial charge in [0, 0.05) is 27.8 Å². The lowest BCUT2D eigenvalue weighted by Crippen LogP contribution is -2.21. The first-order valence-corrected chi connectivity index (χ1v) is 7.47. The lowest BCUT2D eigenvalue weighted by atomic mass is 10.1. The fourth-order valence-electron chi connectivity index (χ4n) is 1.22. The zero-order valence-electron chi connectivity index (χ0n) is 11.7. The maximum atomic E-state index is 11.6. The summed E-state index contributed by atoms with van der Waals surface area (Å²) in [6.07, 6.45) is -0.490. The molecule has 0 unspecified atom stereocenters. The highest BCUT2D eigenvalue weighted by Crippen LogP contribution is 2.22. The van der Waals surface area contributed by atoms with Crippen LogP contribution in [-0.2, 0) is 13.3 Å². The topological polar surface area (TPSA) is 27.7 Å². The standard InChI is InChI=1S/C8H15F3.C3H10O3Si/c1-2-3-4-5-6-7-8(9,10)11;1-4-7(5-2)6-3/h2-7H2,1H3;7H,1-3H3. The molecule has 3 nitrogen and oxygen atoms in total. The molecule has 0 aliphatic carbocycles. The van der Waals surface area contributed by atoms with Gasteiger partial charge in [-0.15, -0.1) is 0 Å². The highest BCUT2D eigenvalue weighted by molar-refractivity contribution is 6.36. The Morgan fingerprint density at radius 3 is 1.56 bits per heavy atom. The van der Waals surface area contributed by atoms with Crippen LogP contribution in [0.4, 0.5) is 13.2 Å². The van der Waals surface area contributed by atoms with Crippen LogP contribution in [0.5, 0.6) is 0 Å². The molecular weight excluding hydrogens is 265 g/mol. The summed E-state index contributed by atoms with van der Waals surface area (Å²) in [5, 5.41) is 0. The monoisotopic (exact) mass is 290 g/mol. The van der Waals surface area contributed by atoms with E-state index in [1.165, 1.54) is 0 Å². The molecule has 0 atom stereocenters. The first-order valence-electron chi connectivity index (χ1n) is 6.06. The van der Waals surface area contributed by atoms with E-state index in [-0.39, 0.29) is 0 Å². The molecule has 0 heterocycles. The molecule has 0 aromatic rings. The summed E-state index contributed by atoms with van der Waals surface area (Å²) in [5.41, 5.74) is 0. The molecule has 0 radical (unpaired) electrons. The van der Waals surface area contributed by atoms with Crippen LogP contribution in [0.3, 0.4) is 0 Å². The fraction of sp³-hybridized carbons (Fsp3) is 1.00. The third kappa shape index (κ3) is 18.3. The molecule has 112 valence electrons.